The fourth-order valence-electron chi connectivity index (χ4n) is 2.82. The van der Waals surface area contributed by atoms with Gasteiger partial charge >= 0.3 is 0 Å². The third kappa shape index (κ3) is 2.08. The second-order valence-electron chi connectivity index (χ2n) is 5.67. The average Bonchev–Trinajstić information content (AvgIpc) is 2.70. The van der Waals surface area contributed by atoms with E-state index in [0.717, 1.165) is 23.6 Å². The molecule has 1 aromatic heterocycles. The maximum atomic E-state index is 12.2. The highest BCUT2D eigenvalue weighted by atomic mass is 32.1. The molecule has 0 bridgehead atoms. The lowest BCUT2D eigenvalue weighted by atomic mass is 9.90. The molecule has 0 aromatic carbocycles. The lowest BCUT2D eigenvalue weighted by Crippen LogP contribution is -2.51. The highest BCUT2D eigenvalue weighted by Gasteiger charge is 2.32. The topological polar surface area (TPSA) is 40.5 Å². The summed E-state index contributed by atoms with van der Waals surface area (Å²) in [6, 6.07) is 2.10. The number of hydrogen-bond acceptors (Lipinski definition) is 3. The van der Waals surface area contributed by atoms with Gasteiger partial charge in [0, 0.05) is 30.5 Å². The third-order valence-corrected chi connectivity index (χ3v) is 5.27. The summed E-state index contributed by atoms with van der Waals surface area (Å²) in [6.45, 7) is 3.91. The number of carbonyl (C=O) groups is 1. The standard InChI is InChI=1S/C14H19NO2S/c1-9-2-3-12-11(4-9)5-13(18-12)14(17)15-6-10(7-15)8-16/h5,9-10,16H,2-4,6-8H2,1H3. The fourth-order valence-corrected chi connectivity index (χ4v) is 3.99. The molecule has 1 aliphatic carbocycles. The van der Waals surface area contributed by atoms with E-state index >= 15 is 0 Å². The zero-order chi connectivity index (χ0) is 12.7. The van der Waals surface area contributed by atoms with E-state index in [0.29, 0.717) is 19.0 Å². The molecule has 1 saturated heterocycles. The molecular weight excluding hydrogens is 246 g/mol. The first kappa shape index (κ1) is 12.2. The van der Waals surface area contributed by atoms with Gasteiger partial charge in [-0.3, -0.25) is 4.79 Å². The second-order valence-corrected chi connectivity index (χ2v) is 6.80. The van der Waals surface area contributed by atoms with Gasteiger partial charge in [-0.25, -0.2) is 0 Å². The van der Waals surface area contributed by atoms with Gasteiger partial charge in [0.1, 0.15) is 0 Å². The number of carbonyl (C=O) groups excluding carboxylic acids is 1. The van der Waals surface area contributed by atoms with Crippen molar-refractivity contribution in [1.29, 1.82) is 0 Å². The molecule has 0 saturated carbocycles. The molecule has 2 heterocycles. The van der Waals surface area contributed by atoms with Gasteiger partial charge in [0.2, 0.25) is 0 Å². The Morgan fingerprint density at radius 1 is 1.56 bits per heavy atom. The molecule has 1 fully saturated rings. The average molecular weight is 265 g/mol. The van der Waals surface area contributed by atoms with Crippen LogP contribution in [-0.2, 0) is 12.8 Å². The number of likely N-dealkylation sites (tertiary alicyclic amines) is 1. The number of aryl methyl sites for hydroxylation is 1. The Hall–Kier alpha value is -0.870. The molecular formula is C14H19NO2S. The molecule has 18 heavy (non-hydrogen) atoms. The summed E-state index contributed by atoms with van der Waals surface area (Å²) in [5.41, 5.74) is 1.39. The van der Waals surface area contributed by atoms with Crippen LogP contribution in [0.5, 0.6) is 0 Å². The van der Waals surface area contributed by atoms with Gasteiger partial charge in [0.25, 0.3) is 5.91 Å². The summed E-state index contributed by atoms with van der Waals surface area (Å²) in [6.07, 6.45) is 3.50. The number of hydrogen-bond donors (Lipinski definition) is 1. The summed E-state index contributed by atoms with van der Waals surface area (Å²) in [7, 11) is 0. The minimum atomic E-state index is 0.159. The summed E-state index contributed by atoms with van der Waals surface area (Å²) < 4.78 is 0. The van der Waals surface area contributed by atoms with Gasteiger partial charge in [0.05, 0.1) is 4.88 Å². The molecule has 1 amide bonds. The van der Waals surface area contributed by atoms with Crippen molar-refractivity contribution in [1.82, 2.24) is 4.90 Å². The molecule has 4 heteroatoms. The van der Waals surface area contributed by atoms with Crippen LogP contribution in [-0.4, -0.2) is 35.6 Å². The van der Waals surface area contributed by atoms with E-state index in [1.54, 1.807) is 11.3 Å². The van der Waals surface area contributed by atoms with Gasteiger partial charge in [-0.15, -0.1) is 11.3 Å². The molecule has 1 N–H and O–H groups in total. The number of thiophene rings is 1. The Morgan fingerprint density at radius 2 is 2.33 bits per heavy atom. The quantitative estimate of drug-likeness (QED) is 0.887. The molecule has 98 valence electrons. The van der Waals surface area contributed by atoms with Crippen molar-refractivity contribution in [2.24, 2.45) is 11.8 Å². The van der Waals surface area contributed by atoms with Crippen LogP contribution < -0.4 is 0 Å². The normalized spacial score (nSPS) is 23.7. The molecule has 2 aliphatic rings. The Bertz CT molecular complexity index is 462. The predicted molar refractivity (Wildman–Crippen MR) is 72.0 cm³/mol. The number of fused-ring (bicyclic) bond motifs is 1. The molecule has 3 rings (SSSR count). The third-order valence-electron chi connectivity index (χ3n) is 4.04. The lowest BCUT2D eigenvalue weighted by Gasteiger charge is -2.37. The number of aliphatic hydroxyl groups excluding tert-OH is 1. The Labute approximate surface area is 111 Å². The van der Waals surface area contributed by atoms with Crippen molar-refractivity contribution in [3.05, 3.63) is 21.4 Å². The smallest absolute Gasteiger partial charge is 0.263 e. The van der Waals surface area contributed by atoms with Gasteiger partial charge in [-0.1, -0.05) is 6.92 Å². The largest absolute Gasteiger partial charge is 0.396 e. The molecule has 1 atom stereocenters. The van der Waals surface area contributed by atoms with Crippen LogP contribution in [0.2, 0.25) is 0 Å². The summed E-state index contributed by atoms with van der Waals surface area (Å²) in [5, 5.41) is 8.98. The molecule has 1 aromatic rings. The van der Waals surface area contributed by atoms with E-state index in [9.17, 15) is 4.79 Å². The zero-order valence-corrected chi connectivity index (χ0v) is 11.5. The van der Waals surface area contributed by atoms with E-state index in [-0.39, 0.29) is 12.5 Å². The summed E-state index contributed by atoms with van der Waals surface area (Å²) >= 11 is 1.68. The first-order valence-corrected chi connectivity index (χ1v) is 7.50. The zero-order valence-electron chi connectivity index (χ0n) is 10.7. The Kier molecular flexibility index (Phi) is 3.16. The lowest BCUT2D eigenvalue weighted by molar-refractivity contribution is 0.0366. The maximum Gasteiger partial charge on any atom is 0.263 e. The van der Waals surface area contributed by atoms with Crippen molar-refractivity contribution < 1.29 is 9.90 Å². The highest BCUT2D eigenvalue weighted by Crippen LogP contribution is 2.33. The number of rotatable bonds is 2. The van der Waals surface area contributed by atoms with Gasteiger partial charge < -0.3 is 10.0 Å². The van der Waals surface area contributed by atoms with Gasteiger partial charge in [0.15, 0.2) is 0 Å². The van der Waals surface area contributed by atoms with Crippen LogP contribution in [0.15, 0.2) is 6.07 Å². The molecule has 0 spiro atoms. The SMILES string of the molecule is CC1CCc2sc(C(=O)N3CC(CO)C3)cc2C1. The second kappa shape index (κ2) is 4.67. The minimum Gasteiger partial charge on any atom is -0.396 e. The van der Waals surface area contributed by atoms with Crippen LogP contribution in [0.4, 0.5) is 0 Å². The van der Waals surface area contributed by atoms with Crippen molar-refractivity contribution in [2.75, 3.05) is 19.7 Å². The van der Waals surface area contributed by atoms with Crippen LogP contribution >= 0.6 is 11.3 Å². The predicted octanol–water partition coefficient (Wildman–Crippen LogP) is 1.94. The van der Waals surface area contributed by atoms with E-state index in [1.165, 1.54) is 16.9 Å². The van der Waals surface area contributed by atoms with Crippen molar-refractivity contribution in [3.8, 4) is 0 Å². The molecule has 1 aliphatic heterocycles. The van der Waals surface area contributed by atoms with Crippen molar-refractivity contribution >= 4 is 17.2 Å². The first-order valence-electron chi connectivity index (χ1n) is 6.69. The van der Waals surface area contributed by atoms with Gasteiger partial charge in [-0.05, 0) is 36.8 Å². The van der Waals surface area contributed by atoms with Gasteiger partial charge in [-0.2, -0.15) is 0 Å². The number of nitrogens with zero attached hydrogens (tertiary/aromatic N) is 1. The number of aliphatic hydroxyl groups is 1. The van der Waals surface area contributed by atoms with Crippen LogP contribution in [0, 0.1) is 11.8 Å². The van der Waals surface area contributed by atoms with Crippen molar-refractivity contribution in [2.45, 2.75) is 26.2 Å². The van der Waals surface area contributed by atoms with E-state index < -0.39 is 0 Å². The maximum absolute atomic E-state index is 12.2. The van der Waals surface area contributed by atoms with E-state index in [2.05, 4.69) is 13.0 Å². The van der Waals surface area contributed by atoms with Crippen LogP contribution in [0.25, 0.3) is 0 Å². The summed E-state index contributed by atoms with van der Waals surface area (Å²) in [5.74, 6) is 1.20. The van der Waals surface area contributed by atoms with Crippen LogP contribution in [0.3, 0.4) is 0 Å². The number of amides is 1. The van der Waals surface area contributed by atoms with Crippen molar-refractivity contribution in [3.63, 3.8) is 0 Å². The fraction of sp³-hybridized carbons (Fsp3) is 0.643. The monoisotopic (exact) mass is 265 g/mol. The summed E-state index contributed by atoms with van der Waals surface area (Å²) in [4.78, 5) is 16.4. The Morgan fingerprint density at radius 3 is 3.06 bits per heavy atom. The minimum absolute atomic E-state index is 0.159. The van der Waals surface area contributed by atoms with E-state index in [4.69, 9.17) is 5.11 Å². The molecule has 0 radical (unpaired) electrons. The highest BCUT2D eigenvalue weighted by molar-refractivity contribution is 7.14. The molecule has 1 unspecified atom stereocenters. The van der Waals surface area contributed by atoms with Crippen LogP contribution in [0.1, 0.15) is 33.5 Å². The molecule has 3 nitrogen and oxygen atoms in total. The Balaban J connectivity index is 1.72. The van der Waals surface area contributed by atoms with E-state index in [1.807, 2.05) is 4.90 Å². The first-order chi connectivity index (χ1) is 8.67.